The lowest BCUT2D eigenvalue weighted by molar-refractivity contribution is -0.117. The monoisotopic (exact) mass is 385 g/mol. The number of nitrogens with zero attached hydrogens (tertiary/aromatic N) is 2. The lowest BCUT2D eigenvalue weighted by Gasteiger charge is -2.05. The van der Waals surface area contributed by atoms with E-state index >= 15 is 0 Å². The Morgan fingerprint density at radius 3 is 2.65 bits per heavy atom. The first-order valence-corrected chi connectivity index (χ1v) is 9.19. The molecule has 0 spiro atoms. The fourth-order valence-electron chi connectivity index (χ4n) is 3.10. The van der Waals surface area contributed by atoms with Crippen LogP contribution < -0.4 is 5.32 Å². The summed E-state index contributed by atoms with van der Waals surface area (Å²) >= 11 is 12.1. The molecule has 4 nitrogen and oxygen atoms in total. The molecule has 1 aromatic heterocycles. The molecule has 1 heterocycles. The Labute approximate surface area is 161 Å². The minimum Gasteiger partial charge on any atom is -0.309 e. The molecule has 0 radical (unpaired) electrons. The highest BCUT2D eigenvalue weighted by Crippen LogP contribution is 2.48. The third kappa shape index (κ3) is 3.76. The Morgan fingerprint density at radius 2 is 1.88 bits per heavy atom. The standard InChI is InChI=1S/C20H17Cl2N3O/c21-15-7-5-13(6-8-15)16-11-17(16)20(26)23-19-9-10-25(24-19)12-14-3-1-2-4-18(14)22/h1-10,16-17H,11-12H2,(H,23,24,26). The lowest BCUT2D eigenvalue weighted by Crippen LogP contribution is -2.15. The molecule has 1 fully saturated rings. The Kier molecular flexibility index (Phi) is 4.70. The first kappa shape index (κ1) is 17.1. The number of anilines is 1. The van der Waals surface area contributed by atoms with E-state index in [1.165, 1.54) is 0 Å². The van der Waals surface area contributed by atoms with E-state index in [2.05, 4.69) is 10.4 Å². The van der Waals surface area contributed by atoms with Crippen LogP contribution in [0.4, 0.5) is 5.82 Å². The van der Waals surface area contributed by atoms with Crippen molar-refractivity contribution in [1.29, 1.82) is 0 Å². The average Bonchev–Trinajstić information content (AvgIpc) is 3.32. The molecule has 0 saturated heterocycles. The van der Waals surface area contributed by atoms with Crippen molar-refractivity contribution in [2.45, 2.75) is 18.9 Å². The second-order valence-electron chi connectivity index (χ2n) is 6.48. The van der Waals surface area contributed by atoms with Gasteiger partial charge in [-0.3, -0.25) is 9.48 Å². The highest BCUT2D eigenvalue weighted by Gasteiger charge is 2.44. The zero-order valence-corrected chi connectivity index (χ0v) is 15.4. The first-order chi connectivity index (χ1) is 12.6. The molecule has 1 amide bonds. The van der Waals surface area contributed by atoms with Crippen molar-refractivity contribution < 1.29 is 4.79 Å². The molecule has 0 aliphatic heterocycles. The lowest BCUT2D eigenvalue weighted by atomic mass is 10.1. The summed E-state index contributed by atoms with van der Waals surface area (Å²) in [5, 5.41) is 8.73. The average molecular weight is 386 g/mol. The van der Waals surface area contributed by atoms with Gasteiger partial charge < -0.3 is 5.32 Å². The predicted octanol–water partition coefficient (Wildman–Crippen LogP) is 4.98. The van der Waals surface area contributed by atoms with Crippen molar-refractivity contribution in [3.05, 3.63) is 82.0 Å². The minimum atomic E-state index is -0.00936. The zero-order chi connectivity index (χ0) is 18.1. The molecule has 132 valence electrons. The Hall–Kier alpha value is -2.30. The predicted molar refractivity (Wildman–Crippen MR) is 104 cm³/mol. The molecule has 26 heavy (non-hydrogen) atoms. The Morgan fingerprint density at radius 1 is 1.12 bits per heavy atom. The summed E-state index contributed by atoms with van der Waals surface area (Å²) in [7, 11) is 0. The fraction of sp³-hybridized carbons (Fsp3) is 0.200. The number of rotatable bonds is 5. The molecule has 0 bridgehead atoms. The molecule has 4 rings (SSSR count). The smallest absolute Gasteiger partial charge is 0.229 e. The van der Waals surface area contributed by atoms with Crippen LogP contribution in [0, 0.1) is 5.92 Å². The van der Waals surface area contributed by atoms with Crippen LogP contribution in [-0.4, -0.2) is 15.7 Å². The number of carbonyl (C=O) groups is 1. The summed E-state index contributed by atoms with van der Waals surface area (Å²) in [5.41, 5.74) is 2.14. The van der Waals surface area contributed by atoms with Crippen molar-refractivity contribution >= 4 is 34.9 Å². The molecular weight excluding hydrogens is 369 g/mol. The molecule has 6 heteroatoms. The van der Waals surface area contributed by atoms with Gasteiger partial charge >= 0.3 is 0 Å². The van der Waals surface area contributed by atoms with Gasteiger partial charge in [-0.2, -0.15) is 5.10 Å². The minimum absolute atomic E-state index is 0.00736. The molecule has 3 aromatic rings. The van der Waals surface area contributed by atoms with Gasteiger partial charge in [-0.1, -0.05) is 53.5 Å². The third-order valence-electron chi connectivity index (χ3n) is 4.61. The van der Waals surface area contributed by atoms with E-state index < -0.39 is 0 Å². The van der Waals surface area contributed by atoms with Crippen LogP contribution in [0.2, 0.25) is 10.0 Å². The van der Waals surface area contributed by atoms with Gasteiger partial charge in [0.25, 0.3) is 0 Å². The van der Waals surface area contributed by atoms with E-state index in [1.54, 1.807) is 10.7 Å². The normalized spacial score (nSPS) is 18.5. The topological polar surface area (TPSA) is 46.9 Å². The Balaban J connectivity index is 1.36. The quantitative estimate of drug-likeness (QED) is 0.672. The highest BCUT2D eigenvalue weighted by molar-refractivity contribution is 6.31. The van der Waals surface area contributed by atoms with Gasteiger partial charge in [-0.25, -0.2) is 0 Å². The van der Waals surface area contributed by atoms with Gasteiger partial charge in [0.05, 0.1) is 6.54 Å². The number of carbonyl (C=O) groups excluding carboxylic acids is 1. The summed E-state index contributed by atoms with van der Waals surface area (Å²) in [6, 6.07) is 17.1. The van der Waals surface area contributed by atoms with Crippen molar-refractivity contribution in [3.8, 4) is 0 Å². The van der Waals surface area contributed by atoms with Crippen molar-refractivity contribution in [2.75, 3.05) is 5.32 Å². The van der Waals surface area contributed by atoms with Crippen molar-refractivity contribution in [1.82, 2.24) is 9.78 Å². The molecule has 1 N–H and O–H groups in total. The maximum absolute atomic E-state index is 12.4. The van der Waals surface area contributed by atoms with Gasteiger partial charge in [0.1, 0.15) is 0 Å². The largest absolute Gasteiger partial charge is 0.309 e. The van der Waals surface area contributed by atoms with E-state index in [0.717, 1.165) is 17.5 Å². The van der Waals surface area contributed by atoms with Crippen LogP contribution in [0.5, 0.6) is 0 Å². The van der Waals surface area contributed by atoms with Crippen LogP contribution in [0.15, 0.2) is 60.8 Å². The van der Waals surface area contributed by atoms with Crippen LogP contribution in [0.1, 0.15) is 23.5 Å². The van der Waals surface area contributed by atoms with E-state index in [1.807, 2.05) is 54.7 Å². The molecule has 1 aliphatic rings. The van der Waals surface area contributed by atoms with Crippen LogP contribution in [0.25, 0.3) is 0 Å². The first-order valence-electron chi connectivity index (χ1n) is 8.43. The summed E-state index contributed by atoms with van der Waals surface area (Å²) in [6.07, 6.45) is 2.69. The van der Waals surface area contributed by atoms with E-state index in [-0.39, 0.29) is 17.7 Å². The van der Waals surface area contributed by atoms with Crippen molar-refractivity contribution in [2.24, 2.45) is 5.92 Å². The summed E-state index contributed by atoms with van der Waals surface area (Å²) in [5.74, 6) is 0.819. The highest BCUT2D eigenvalue weighted by atomic mass is 35.5. The summed E-state index contributed by atoms with van der Waals surface area (Å²) in [6.45, 7) is 0.562. The second-order valence-corrected chi connectivity index (χ2v) is 7.32. The maximum atomic E-state index is 12.4. The summed E-state index contributed by atoms with van der Waals surface area (Å²) < 4.78 is 1.76. The van der Waals surface area contributed by atoms with E-state index in [0.29, 0.717) is 22.4 Å². The van der Waals surface area contributed by atoms with Gasteiger partial charge in [0.2, 0.25) is 5.91 Å². The number of aromatic nitrogens is 2. The third-order valence-corrected chi connectivity index (χ3v) is 5.23. The molecule has 1 saturated carbocycles. The van der Waals surface area contributed by atoms with Gasteiger partial charge in [-0.15, -0.1) is 0 Å². The fourth-order valence-corrected chi connectivity index (χ4v) is 3.42. The van der Waals surface area contributed by atoms with E-state index in [4.69, 9.17) is 23.2 Å². The zero-order valence-electron chi connectivity index (χ0n) is 13.9. The number of hydrogen-bond acceptors (Lipinski definition) is 2. The summed E-state index contributed by atoms with van der Waals surface area (Å²) in [4.78, 5) is 12.4. The van der Waals surface area contributed by atoms with Crippen LogP contribution >= 0.6 is 23.2 Å². The number of hydrogen-bond donors (Lipinski definition) is 1. The SMILES string of the molecule is O=C(Nc1ccn(Cc2ccccc2Cl)n1)C1CC1c1ccc(Cl)cc1. The van der Waals surface area contributed by atoms with E-state index in [9.17, 15) is 4.79 Å². The van der Waals surface area contributed by atoms with Gasteiger partial charge in [-0.05, 0) is 41.7 Å². The number of nitrogens with one attached hydrogen (secondary N) is 1. The molecule has 2 aromatic carbocycles. The van der Waals surface area contributed by atoms with Crippen LogP contribution in [0.3, 0.4) is 0 Å². The second kappa shape index (κ2) is 7.14. The number of benzene rings is 2. The number of halogens is 2. The van der Waals surface area contributed by atoms with Gasteiger partial charge in [0.15, 0.2) is 5.82 Å². The molecule has 2 atom stereocenters. The van der Waals surface area contributed by atoms with Crippen LogP contribution in [-0.2, 0) is 11.3 Å². The van der Waals surface area contributed by atoms with Gasteiger partial charge in [0, 0.05) is 28.2 Å². The molecule has 2 unspecified atom stereocenters. The molecular formula is C20H17Cl2N3O. The maximum Gasteiger partial charge on any atom is 0.229 e. The van der Waals surface area contributed by atoms with Crippen molar-refractivity contribution in [3.63, 3.8) is 0 Å². The number of amides is 1. The Bertz CT molecular complexity index is 936. The molecule has 1 aliphatic carbocycles.